The van der Waals surface area contributed by atoms with Gasteiger partial charge in [-0.25, -0.2) is 0 Å². The van der Waals surface area contributed by atoms with Crippen LogP contribution in [0, 0.1) is 65.0 Å². The Hall–Kier alpha value is -14.9. The Kier molecular flexibility index (Phi) is 25.2. The molecule has 0 saturated carbocycles. The number of pyridine rings is 3. The van der Waals surface area contributed by atoms with Gasteiger partial charge in [-0.3, -0.25) is 0 Å². The van der Waals surface area contributed by atoms with E-state index in [1.807, 2.05) is 98.0 Å². The molecule has 611 valence electrons. The van der Waals surface area contributed by atoms with Crippen LogP contribution < -0.4 is 17.0 Å². The van der Waals surface area contributed by atoms with Crippen molar-refractivity contribution < 1.29 is 8.83 Å². The van der Waals surface area contributed by atoms with E-state index >= 15 is 0 Å². The van der Waals surface area contributed by atoms with E-state index in [0.717, 1.165) is 215 Å². The molecule has 22 rings (SSSR count). The van der Waals surface area contributed by atoms with E-state index in [2.05, 4.69) is 304 Å². The Morgan fingerprint density at radius 1 is 0.270 bits per heavy atom. The summed E-state index contributed by atoms with van der Waals surface area (Å²) in [5.41, 5.74) is 24.5. The summed E-state index contributed by atoms with van der Waals surface area (Å²) < 4.78 is 24.8. The molecule has 0 spiro atoms. The quantitative estimate of drug-likeness (QED) is 0.113. The first-order valence-corrected chi connectivity index (χ1v) is 50.1. The van der Waals surface area contributed by atoms with E-state index in [1.54, 1.807) is 0 Å². The van der Waals surface area contributed by atoms with E-state index in [-0.39, 0.29) is 0 Å². The number of thiophene rings is 1. The second-order valence-electron chi connectivity index (χ2n) is 28.6. The molecule has 0 amide bonds. The Morgan fingerprint density at radius 2 is 0.639 bits per heavy atom. The first-order chi connectivity index (χ1) is 57.0. The number of nitrogens with zero attached hydrogens (tertiary/aromatic N) is 9. The monoisotopic (exact) mass is 3740 g/mol. The Labute approximate surface area is 755 Å². The second-order valence-corrected chi connectivity index (χ2v) is 41.2. The van der Waals surface area contributed by atoms with Gasteiger partial charge >= 0.3 is 765 Å². The van der Waals surface area contributed by atoms with Gasteiger partial charge in [-0.1, -0.05) is 0 Å². The van der Waals surface area contributed by atoms with Gasteiger partial charge in [0, 0.05) is 0 Å². The molecular formula is C100H73Bi5Bk5N9O2S-5. The van der Waals surface area contributed by atoms with Crippen LogP contribution in [0.2, 0.25) is 0 Å². The summed E-state index contributed by atoms with van der Waals surface area (Å²) in [6.07, 6.45) is 0. The molecule has 10 heterocycles. The van der Waals surface area contributed by atoms with E-state index in [1.165, 1.54) is 80.1 Å². The average Bonchev–Trinajstić information content (AvgIpc) is 1.58. The second kappa shape index (κ2) is 36.1. The summed E-state index contributed by atoms with van der Waals surface area (Å²) >= 11 is 5.46. The number of rotatable bonds is 7. The summed E-state index contributed by atoms with van der Waals surface area (Å²) in [7, 11) is 0. The summed E-state index contributed by atoms with van der Waals surface area (Å²) in [5.74, 6) is 1.57. The van der Waals surface area contributed by atoms with Gasteiger partial charge in [0.2, 0.25) is 0 Å². The van der Waals surface area contributed by atoms with Gasteiger partial charge in [-0.2, -0.15) is 0 Å². The zero-order valence-corrected chi connectivity index (χ0v) is 103. The fourth-order valence-corrected chi connectivity index (χ4v) is 23.6. The molecule has 10 aromatic heterocycles. The fourth-order valence-electron chi connectivity index (χ4n) is 15.1. The van der Waals surface area contributed by atoms with Crippen LogP contribution in [0.1, 0.15) is 28.2 Å². The average molecular weight is 3740 g/mol. The molecule has 22 heteroatoms. The number of hydrogen-bond donors (Lipinski definition) is 0. The van der Waals surface area contributed by atoms with Crippen LogP contribution in [0.4, 0.5) is 0 Å². The Morgan fingerprint density at radius 3 is 1.11 bits per heavy atom. The molecule has 11 nitrogen and oxygen atoms in total. The number of hydrogen-bond acceptors (Lipinski definition) is 10. The summed E-state index contributed by atoms with van der Waals surface area (Å²) in [6.45, 7) is 10.3. The smallest absolute Gasteiger partial charge is 0 e. The summed E-state index contributed by atoms with van der Waals surface area (Å²) in [5, 5.41) is 11.4. The van der Waals surface area contributed by atoms with Crippen LogP contribution in [-0.2, 0) is 0 Å². The van der Waals surface area contributed by atoms with Crippen molar-refractivity contribution in [3.05, 3.63) is 350 Å². The molecule has 0 atom stereocenters. The molecule has 0 N–H and O–H groups in total. The molecule has 0 saturated heterocycles. The minimum absolute atomic E-state index is 0. The van der Waals surface area contributed by atoms with E-state index in [4.69, 9.17) is 18.8 Å². The molecule has 0 fully saturated rings. The molecule has 0 unspecified atom stereocenters. The van der Waals surface area contributed by atoms with Crippen molar-refractivity contribution in [1.29, 1.82) is 0 Å². The van der Waals surface area contributed by atoms with Crippen LogP contribution in [0.5, 0.6) is 0 Å². The van der Waals surface area contributed by atoms with Gasteiger partial charge in [-0.15, -0.1) is 0 Å². The van der Waals surface area contributed by atoms with Crippen molar-refractivity contribution in [2.75, 3.05) is 0 Å². The van der Waals surface area contributed by atoms with Gasteiger partial charge in [0.1, 0.15) is 0 Å². The van der Waals surface area contributed by atoms with Gasteiger partial charge in [0.05, 0.1) is 0 Å². The fraction of sp³-hybridized carbons (Fsp3) is 0.0500. The predicted octanol–water partition coefficient (Wildman–Crippen LogP) is 16.7. The zero-order chi connectivity index (χ0) is 80.0. The number of benzene rings is 12. The van der Waals surface area contributed by atoms with Gasteiger partial charge in [-0.05, 0) is 0 Å². The number of aryl methyl sites for hydroxylation is 5. The third-order valence-electron chi connectivity index (χ3n) is 20.1. The molecule has 122 heavy (non-hydrogen) atoms. The Bertz CT molecular complexity index is 6910. The molecular weight excluding hydrogens is 3670 g/mol. The van der Waals surface area contributed by atoms with Crippen molar-refractivity contribution in [1.82, 2.24) is 44.0 Å². The Balaban J connectivity index is 0.000000131. The van der Waals surface area contributed by atoms with Crippen molar-refractivity contribution in [3.8, 4) is 67.8 Å². The number of furan rings is 2. The van der Waals surface area contributed by atoms with E-state index in [9.17, 15) is 0 Å². The van der Waals surface area contributed by atoms with Gasteiger partial charge in [0.15, 0.2) is 0 Å². The van der Waals surface area contributed by atoms with Crippen LogP contribution in [-0.4, -0.2) is 168 Å². The van der Waals surface area contributed by atoms with Crippen molar-refractivity contribution in [3.63, 3.8) is 0 Å². The van der Waals surface area contributed by atoms with Gasteiger partial charge < -0.3 is 0 Å². The minimum atomic E-state index is 0. The van der Waals surface area contributed by atoms with Gasteiger partial charge in [0.25, 0.3) is 0 Å². The normalized spacial score (nSPS) is 10.9. The number of para-hydroxylation sites is 6. The van der Waals surface area contributed by atoms with Crippen LogP contribution >= 0.6 is 11.3 Å². The van der Waals surface area contributed by atoms with Crippen molar-refractivity contribution >= 4 is 260 Å². The standard InChI is InChI=1S/C24H16N2.C23H15N3.C18H11NO.C18H11NS.C17H10N2O.5Bi.5Bk.10H/c1-17-13-14-25-22(15-17)18-11-12-24-21(16-18)20-9-5-6-10-23(20)26(24)19-7-3-2-4-8-19;1-16-24-14-13-21(25-16)17-11-12-23-20(15-17)19-9-5-6-10-22(19)26(23)18-7-3-2-4-8-18;2*1-12-8-9-19-16(10-12)13-6-7-18-15(11-13)14-4-2-3-5-17(14)20-18;1-11-8-9-18-17(19-11)12-6-7-16-14(10-12)13-4-2-3-5-15(13)20-16;;;;;;;;;;;;;;;;;;;;/h2-13,15H,1H3;2-13H,1H3;2*2-8,10H,1H3;2-8H,1H3;;;;;;;;;;;;;;;;;;;;/q5*-1;;;;;;;;;;;;;;;;;;;;. The summed E-state index contributed by atoms with van der Waals surface area (Å²) in [6, 6.07) is 119. The predicted molar refractivity (Wildman–Crippen MR) is 499 cm³/mol. The van der Waals surface area contributed by atoms with Crippen molar-refractivity contribution in [2.45, 2.75) is 34.6 Å². The number of aromatic nitrogens is 9. The van der Waals surface area contributed by atoms with Crippen LogP contribution in [0.25, 0.3) is 175 Å². The third-order valence-corrected chi connectivity index (χ3v) is 27.0. The molecule has 5 radical (unpaired) electrons. The van der Waals surface area contributed by atoms with Crippen LogP contribution in [0.3, 0.4) is 0 Å². The SMILES string of the molecule is Cc1c[c]([BiH2])nc(-c2[c-]c3c(cc2)oc2ccccc23)c1.Cc1c[c]([BiH2])nc(-c2[c-]c3c(cc2)oc2ccccc23)n1.Cc1c[c]([BiH2])nc(-c2[c-]c3c(cc2)sc2ccccc23)c1.Cc1c[c]([BiH2])nc(-c2[c-]c3c4ccccc4n(-c4ccccc4)c3cc2)c1.Cc1n[c]([BiH2])cc(-c2[c-]c3c4ccccc4n(-c4ccccc4)c3cc2)n1.[Bk].[Bk].[Bk].[Bk].[Bk]. The largest absolute Gasteiger partial charge is 0 e. The molecule has 0 aliphatic carbocycles. The van der Waals surface area contributed by atoms with Crippen LogP contribution in [0.15, 0.2) is 300 Å². The summed E-state index contributed by atoms with van der Waals surface area (Å²) in [4.78, 5) is 32.4. The first kappa shape index (κ1) is 85.0. The molecule has 0 bridgehead atoms. The number of fused-ring (bicyclic) bond motifs is 15. The molecule has 12 aromatic carbocycles. The van der Waals surface area contributed by atoms with Crippen molar-refractivity contribution in [2.24, 2.45) is 0 Å². The maximum Gasteiger partial charge on any atom is 0 e. The topological polar surface area (TPSA) is 126 Å². The zero-order valence-electron chi connectivity index (χ0n) is 66.0. The third kappa shape index (κ3) is 17.2. The molecule has 22 aromatic rings. The minimum Gasteiger partial charge on any atom is 0 e. The maximum atomic E-state index is 5.85. The molecule has 0 aliphatic heterocycles. The van der Waals surface area contributed by atoms with E-state index < -0.39 is 0 Å². The molecule has 0 aliphatic rings. The maximum absolute atomic E-state index is 5.85. The van der Waals surface area contributed by atoms with E-state index in [0.29, 0.717) is 49.4 Å². The first-order valence-electron chi connectivity index (χ1n) is 38.0.